The zero-order chi connectivity index (χ0) is 12.5. The smallest absolute Gasteiger partial charge is 0.337 e. The molecule has 0 unspecified atom stereocenters. The first-order valence-electron chi connectivity index (χ1n) is 5.66. The summed E-state index contributed by atoms with van der Waals surface area (Å²) in [4.78, 5) is 14.5. The fraction of sp³-hybridized carbons (Fsp3) is 0.500. The number of aromatic nitrogens is 1. The van der Waals surface area contributed by atoms with Gasteiger partial charge in [-0.05, 0) is 25.3 Å². The maximum atomic E-state index is 10.7. The Morgan fingerprint density at radius 3 is 2.71 bits per heavy atom. The van der Waals surface area contributed by atoms with Crippen LogP contribution in [0.5, 0.6) is 5.75 Å². The second-order valence-electron chi connectivity index (χ2n) is 3.70. The Bertz CT molecular complexity index is 354. The van der Waals surface area contributed by atoms with Crippen molar-refractivity contribution in [1.29, 1.82) is 0 Å². The van der Waals surface area contributed by atoms with Crippen LogP contribution in [-0.2, 0) is 0 Å². The van der Waals surface area contributed by atoms with E-state index < -0.39 is 5.97 Å². The van der Waals surface area contributed by atoms with Gasteiger partial charge in [0.1, 0.15) is 5.75 Å². The van der Waals surface area contributed by atoms with E-state index in [1.54, 1.807) is 0 Å². The third-order valence-electron chi connectivity index (χ3n) is 2.28. The third-order valence-corrected chi connectivity index (χ3v) is 2.28. The summed E-state index contributed by atoms with van der Waals surface area (Å²) in [6.07, 6.45) is 6.46. The van der Waals surface area contributed by atoms with E-state index in [-0.39, 0.29) is 12.2 Å². The quantitative estimate of drug-likeness (QED) is 0.675. The number of aliphatic hydroxyl groups is 1. The van der Waals surface area contributed by atoms with Gasteiger partial charge in [0.25, 0.3) is 0 Å². The van der Waals surface area contributed by atoms with Crippen LogP contribution in [0, 0.1) is 0 Å². The van der Waals surface area contributed by atoms with Gasteiger partial charge in [-0.2, -0.15) is 0 Å². The van der Waals surface area contributed by atoms with E-state index in [0.29, 0.717) is 12.4 Å². The lowest BCUT2D eigenvalue weighted by Crippen LogP contribution is -2.01. The number of carbonyl (C=O) groups is 1. The zero-order valence-electron chi connectivity index (χ0n) is 9.63. The first-order valence-corrected chi connectivity index (χ1v) is 5.66. The van der Waals surface area contributed by atoms with Crippen molar-refractivity contribution in [3.63, 3.8) is 0 Å². The molecule has 0 aliphatic heterocycles. The molecule has 0 aromatic carbocycles. The monoisotopic (exact) mass is 239 g/mol. The Balaban J connectivity index is 2.27. The molecule has 1 heterocycles. The van der Waals surface area contributed by atoms with E-state index in [4.69, 9.17) is 14.9 Å². The summed E-state index contributed by atoms with van der Waals surface area (Å²) >= 11 is 0. The number of unbranched alkanes of at least 4 members (excludes halogenated alkanes) is 3. The van der Waals surface area contributed by atoms with Gasteiger partial charge in [-0.15, -0.1) is 0 Å². The molecule has 0 spiro atoms. The van der Waals surface area contributed by atoms with Gasteiger partial charge in [0.2, 0.25) is 0 Å². The molecule has 0 saturated heterocycles. The minimum absolute atomic E-state index is 0.128. The van der Waals surface area contributed by atoms with Gasteiger partial charge < -0.3 is 14.9 Å². The molecule has 0 amide bonds. The second-order valence-corrected chi connectivity index (χ2v) is 3.70. The number of nitrogens with zero attached hydrogens (tertiary/aromatic N) is 1. The van der Waals surface area contributed by atoms with E-state index in [1.165, 1.54) is 18.5 Å². The maximum absolute atomic E-state index is 10.7. The predicted octanol–water partition coefficient (Wildman–Crippen LogP) is 1.71. The van der Waals surface area contributed by atoms with Crippen molar-refractivity contribution in [3.8, 4) is 5.75 Å². The number of carboxylic acids is 1. The van der Waals surface area contributed by atoms with E-state index in [0.717, 1.165) is 25.7 Å². The summed E-state index contributed by atoms with van der Waals surface area (Å²) in [6.45, 7) is 0.765. The van der Waals surface area contributed by atoms with Crippen molar-refractivity contribution >= 4 is 5.97 Å². The second kappa shape index (κ2) is 7.62. The standard InChI is InChI=1S/C12H17NO4/c14-5-3-1-2-4-6-17-11-7-10(12(15)16)8-13-9-11/h7-9,14H,1-6H2,(H,15,16). The van der Waals surface area contributed by atoms with E-state index in [2.05, 4.69) is 4.98 Å². The van der Waals surface area contributed by atoms with Gasteiger partial charge in [0.05, 0.1) is 18.4 Å². The average Bonchev–Trinajstić information content (AvgIpc) is 2.34. The number of pyridine rings is 1. The Kier molecular flexibility index (Phi) is 6.03. The first-order chi connectivity index (χ1) is 8.24. The molecular formula is C12H17NO4. The fourth-order valence-corrected chi connectivity index (χ4v) is 1.37. The van der Waals surface area contributed by atoms with Crippen molar-refractivity contribution < 1.29 is 19.7 Å². The topological polar surface area (TPSA) is 79.7 Å². The number of hydrogen-bond acceptors (Lipinski definition) is 4. The molecule has 5 nitrogen and oxygen atoms in total. The van der Waals surface area contributed by atoms with Gasteiger partial charge in [-0.3, -0.25) is 4.98 Å². The van der Waals surface area contributed by atoms with Crippen molar-refractivity contribution in [2.24, 2.45) is 0 Å². The summed E-state index contributed by atoms with van der Waals surface area (Å²) in [6, 6.07) is 1.46. The summed E-state index contributed by atoms with van der Waals surface area (Å²) in [5, 5.41) is 17.3. The molecule has 0 aliphatic rings. The van der Waals surface area contributed by atoms with Gasteiger partial charge in [0.15, 0.2) is 0 Å². The molecule has 0 radical (unpaired) electrons. The average molecular weight is 239 g/mol. The van der Waals surface area contributed by atoms with Crippen LogP contribution in [-0.4, -0.2) is 34.4 Å². The van der Waals surface area contributed by atoms with E-state index in [1.807, 2.05) is 0 Å². The van der Waals surface area contributed by atoms with Crippen LogP contribution in [0.2, 0.25) is 0 Å². The summed E-state index contributed by atoms with van der Waals surface area (Å²) in [7, 11) is 0. The number of ether oxygens (including phenoxy) is 1. The highest BCUT2D eigenvalue weighted by Gasteiger charge is 2.04. The van der Waals surface area contributed by atoms with Crippen molar-refractivity contribution in [1.82, 2.24) is 4.98 Å². The number of aromatic carboxylic acids is 1. The summed E-state index contributed by atoms with van der Waals surface area (Å²) in [5.41, 5.74) is 0.128. The van der Waals surface area contributed by atoms with Crippen LogP contribution in [0.1, 0.15) is 36.0 Å². The van der Waals surface area contributed by atoms with Gasteiger partial charge >= 0.3 is 5.97 Å². The number of hydrogen-bond donors (Lipinski definition) is 2. The van der Waals surface area contributed by atoms with Crippen LogP contribution in [0.3, 0.4) is 0 Å². The molecule has 5 heteroatoms. The highest BCUT2D eigenvalue weighted by atomic mass is 16.5. The van der Waals surface area contributed by atoms with E-state index in [9.17, 15) is 4.79 Å². The Labute approximate surface area is 100 Å². The molecule has 2 N–H and O–H groups in total. The first kappa shape index (κ1) is 13.4. The SMILES string of the molecule is O=C(O)c1cncc(OCCCCCCO)c1. The van der Waals surface area contributed by atoms with Gasteiger partial charge in [-0.25, -0.2) is 4.79 Å². The van der Waals surface area contributed by atoms with Crippen molar-refractivity contribution in [3.05, 3.63) is 24.0 Å². The van der Waals surface area contributed by atoms with Gasteiger partial charge in [-0.1, -0.05) is 6.42 Å². The normalized spacial score (nSPS) is 10.2. The predicted molar refractivity (Wildman–Crippen MR) is 62.2 cm³/mol. The molecule has 17 heavy (non-hydrogen) atoms. The van der Waals surface area contributed by atoms with Crippen LogP contribution in [0.25, 0.3) is 0 Å². The summed E-state index contributed by atoms with van der Waals surface area (Å²) < 4.78 is 5.39. The Hall–Kier alpha value is -1.62. The number of carboxylic acid groups (broad SMARTS) is 1. The molecule has 94 valence electrons. The maximum Gasteiger partial charge on any atom is 0.337 e. The Morgan fingerprint density at radius 2 is 2.00 bits per heavy atom. The van der Waals surface area contributed by atoms with Crippen molar-refractivity contribution in [2.45, 2.75) is 25.7 Å². The molecule has 1 aromatic heterocycles. The zero-order valence-corrected chi connectivity index (χ0v) is 9.63. The Morgan fingerprint density at radius 1 is 1.24 bits per heavy atom. The minimum atomic E-state index is -1.01. The summed E-state index contributed by atoms with van der Waals surface area (Å²) in [5.74, 6) is -0.530. The van der Waals surface area contributed by atoms with Crippen LogP contribution in [0.15, 0.2) is 18.5 Å². The fourth-order valence-electron chi connectivity index (χ4n) is 1.37. The highest BCUT2D eigenvalue weighted by Crippen LogP contribution is 2.12. The third kappa shape index (κ3) is 5.31. The highest BCUT2D eigenvalue weighted by molar-refractivity contribution is 5.87. The molecule has 1 rings (SSSR count). The largest absolute Gasteiger partial charge is 0.492 e. The van der Waals surface area contributed by atoms with Crippen LogP contribution >= 0.6 is 0 Å². The molecule has 0 fully saturated rings. The lowest BCUT2D eigenvalue weighted by atomic mass is 10.2. The van der Waals surface area contributed by atoms with Crippen LogP contribution < -0.4 is 4.74 Å². The van der Waals surface area contributed by atoms with Gasteiger partial charge in [0, 0.05) is 12.8 Å². The number of aliphatic hydroxyl groups excluding tert-OH is 1. The van der Waals surface area contributed by atoms with Crippen molar-refractivity contribution in [2.75, 3.05) is 13.2 Å². The molecule has 1 aromatic rings. The molecule has 0 aliphatic carbocycles. The number of rotatable bonds is 8. The molecular weight excluding hydrogens is 222 g/mol. The molecule has 0 saturated carbocycles. The minimum Gasteiger partial charge on any atom is -0.492 e. The molecule has 0 atom stereocenters. The lowest BCUT2D eigenvalue weighted by molar-refractivity contribution is 0.0696. The lowest BCUT2D eigenvalue weighted by Gasteiger charge is -2.05. The van der Waals surface area contributed by atoms with Crippen LogP contribution in [0.4, 0.5) is 0 Å². The van der Waals surface area contributed by atoms with E-state index >= 15 is 0 Å². The molecule has 0 bridgehead atoms.